The van der Waals surface area contributed by atoms with Gasteiger partial charge < -0.3 is 4.74 Å². The van der Waals surface area contributed by atoms with Gasteiger partial charge in [-0.3, -0.25) is 4.79 Å². The highest BCUT2D eigenvalue weighted by Crippen LogP contribution is 2.10. The maximum absolute atomic E-state index is 11.4. The SMILES string of the molecule is CC(C)(C)OC(=O)C(CN=[N+]=[N-])N=[N+]=[N-]. The molecule has 0 amide bonds. The predicted octanol–water partition coefficient (Wildman–Crippen LogP) is 2.32. The molecule has 8 heteroatoms. The first-order valence-corrected chi connectivity index (χ1v) is 4.18. The third kappa shape index (κ3) is 6.20. The molecule has 15 heavy (non-hydrogen) atoms. The molecule has 1 atom stereocenters. The van der Waals surface area contributed by atoms with Crippen LogP contribution in [0.3, 0.4) is 0 Å². The van der Waals surface area contributed by atoms with Crippen molar-refractivity contribution in [3.05, 3.63) is 20.9 Å². The van der Waals surface area contributed by atoms with Crippen LogP contribution in [0.5, 0.6) is 0 Å². The Labute approximate surface area is 86.5 Å². The highest BCUT2D eigenvalue weighted by atomic mass is 16.6. The van der Waals surface area contributed by atoms with Crippen molar-refractivity contribution in [1.82, 2.24) is 0 Å². The van der Waals surface area contributed by atoms with Crippen LogP contribution in [-0.4, -0.2) is 24.2 Å². The number of ether oxygens (including phenoxy) is 1. The number of carbonyl (C=O) groups is 1. The molecule has 0 radical (unpaired) electrons. The van der Waals surface area contributed by atoms with Crippen molar-refractivity contribution in [3.63, 3.8) is 0 Å². The van der Waals surface area contributed by atoms with Gasteiger partial charge in [-0.25, -0.2) is 0 Å². The first-order valence-electron chi connectivity index (χ1n) is 4.18. The second kappa shape index (κ2) is 5.74. The Morgan fingerprint density at radius 3 is 2.40 bits per heavy atom. The first kappa shape index (κ1) is 13.1. The summed E-state index contributed by atoms with van der Waals surface area (Å²) >= 11 is 0. The fraction of sp³-hybridized carbons (Fsp3) is 0.857. The molecule has 0 spiro atoms. The molecule has 0 rings (SSSR count). The second-order valence-electron chi connectivity index (χ2n) is 3.67. The summed E-state index contributed by atoms with van der Waals surface area (Å²) in [5.74, 6) is -0.701. The van der Waals surface area contributed by atoms with Crippen LogP contribution in [0, 0.1) is 0 Å². The number of hydrogen-bond acceptors (Lipinski definition) is 4. The van der Waals surface area contributed by atoms with Crippen LogP contribution in [0.15, 0.2) is 10.2 Å². The van der Waals surface area contributed by atoms with E-state index in [2.05, 4.69) is 20.1 Å². The van der Waals surface area contributed by atoms with Crippen molar-refractivity contribution in [1.29, 1.82) is 0 Å². The lowest BCUT2D eigenvalue weighted by Crippen LogP contribution is -2.32. The van der Waals surface area contributed by atoms with E-state index >= 15 is 0 Å². The van der Waals surface area contributed by atoms with E-state index in [1.165, 1.54) is 0 Å². The summed E-state index contributed by atoms with van der Waals surface area (Å²) in [5.41, 5.74) is 15.6. The molecule has 0 aromatic heterocycles. The molecule has 0 saturated heterocycles. The molecule has 1 unspecified atom stereocenters. The summed E-state index contributed by atoms with van der Waals surface area (Å²) in [7, 11) is 0. The normalized spacial score (nSPS) is 11.9. The number of hydrogen-bond donors (Lipinski definition) is 0. The lowest BCUT2D eigenvalue weighted by Gasteiger charge is -2.21. The fourth-order valence-electron chi connectivity index (χ4n) is 0.704. The summed E-state index contributed by atoms with van der Waals surface area (Å²) in [6.45, 7) is 4.82. The van der Waals surface area contributed by atoms with Crippen LogP contribution in [0.2, 0.25) is 0 Å². The average molecular weight is 212 g/mol. The first-order chi connectivity index (χ1) is 6.90. The van der Waals surface area contributed by atoms with E-state index in [4.69, 9.17) is 15.8 Å². The van der Waals surface area contributed by atoms with Crippen LogP contribution in [0.25, 0.3) is 20.9 Å². The zero-order chi connectivity index (χ0) is 11.9. The Morgan fingerprint density at radius 1 is 1.40 bits per heavy atom. The summed E-state index contributed by atoms with van der Waals surface area (Å²) in [5, 5.41) is 6.34. The lowest BCUT2D eigenvalue weighted by atomic mass is 10.2. The van der Waals surface area contributed by atoms with E-state index in [9.17, 15) is 4.79 Å². The van der Waals surface area contributed by atoms with Gasteiger partial charge in [0, 0.05) is 16.4 Å². The Balaban J connectivity index is 4.55. The van der Waals surface area contributed by atoms with Gasteiger partial charge in [0.05, 0.1) is 0 Å². The van der Waals surface area contributed by atoms with Crippen LogP contribution in [-0.2, 0) is 9.53 Å². The molecule has 0 aliphatic heterocycles. The van der Waals surface area contributed by atoms with E-state index < -0.39 is 17.6 Å². The van der Waals surface area contributed by atoms with Gasteiger partial charge >= 0.3 is 5.97 Å². The van der Waals surface area contributed by atoms with E-state index in [1.54, 1.807) is 20.8 Å². The molecule has 0 aromatic rings. The molecule has 0 aliphatic carbocycles. The van der Waals surface area contributed by atoms with Gasteiger partial charge in [-0.05, 0) is 31.8 Å². The van der Waals surface area contributed by atoms with Gasteiger partial charge in [0.1, 0.15) is 11.6 Å². The highest BCUT2D eigenvalue weighted by Gasteiger charge is 2.23. The van der Waals surface area contributed by atoms with Crippen molar-refractivity contribution >= 4 is 5.97 Å². The third-order valence-corrected chi connectivity index (χ3v) is 1.19. The Kier molecular flexibility index (Phi) is 5.01. The molecule has 0 N–H and O–H groups in total. The van der Waals surface area contributed by atoms with Gasteiger partial charge in [-0.2, -0.15) is 0 Å². The molecular formula is C7H12N6O2. The number of esters is 1. The quantitative estimate of drug-likeness (QED) is 0.307. The van der Waals surface area contributed by atoms with E-state index in [0.29, 0.717) is 0 Å². The van der Waals surface area contributed by atoms with Crippen molar-refractivity contribution in [2.24, 2.45) is 10.2 Å². The van der Waals surface area contributed by atoms with Crippen LogP contribution in [0.1, 0.15) is 20.8 Å². The molecule has 8 nitrogen and oxygen atoms in total. The monoisotopic (exact) mass is 212 g/mol. The topological polar surface area (TPSA) is 124 Å². The molecule has 0 fully saturated rings. The maximum Gasteiger partial charge on any atom is 0.315 e. The summed E-state index contributed by atoms with van der Waals surface area (Å²) in [4.78, 5) is 16.3. The zero-order valence-electron chi connectivity index (χ0n) is 8.78. The maximum atomic E-state index is 11.4. The minimum Gasteiger partial charge on any atom is -0.460 e. The van der Waals surface area contributed by atoms with Gasteiger partial charge in [-0.1, -0.05) is 10.2 Å². The third-order valence-electron chi connectivity index (χ3n) is 1.19. The van der Waals surface area contributed by atoms with Crippen molar-refractivity contribution in [2.75, 3.05) is 6.54 Å². The molecule has 82 valence electrons. The molecule has 0 aliphatic rings. The van der Waals surface area contributed by atoms with Crippen molar-refractivity contribution in [2.45, 2.75) is 32.4 Å². The molecule has 0 saturated carbocycles. The van der Waals surface area contributed by atoms with Gasteiger partial charge in [0.25, 0.3) is 0 Å². The zero-order valence-corrected chi connectivity index (χ0v) is 8.78. The van der Waals surface area contributed by atoms with Crippen LogP contribution in [0.4, 0.5) is 0 Å². The smallest absolute Gasteiger partial charge is 0.315 e. The van der Waals surface area contributed by atoms with Crippen molar-refractivity contribution in [3.8, 4) is 0 Å². The summed E-state index contributed by atoms with van der Waals surface area (Å²) in [6.07, 6.45) is 0. The van der Waals surface area contributed by atoms with Crippen LogP contribution >= 0.6 is 0 Å². The molecule has 0 aromatic carbocycles. The second-order valence-corrected chi connectivity index (χ2v) is 3.67. The van der Waals surface area contributed by atoms with E-state index in [-0.39, 0.29) is 6.54 Å². The Morgan fingerprint density at radius 2 is 2.00 bits per heavy atom. The molecular weight excluding hydrogens is 200 g/mol. The standard InChI is InChI=1S/C7H12N6O2/c1-7(2,3)15-6(14)5(11-13-9)4-10-12-8/h5H,4H2,1-3H3. The number of nitrogens with zero attached hydrogens (tertiary/aromatic N) is 6. The minimum absolute atomic E-state index is 0.241. The Bertz CT molecular complexity index is 321. The number of azide groups is 2. The number of rotatable bonds is 4. The summed E-state index contributed by atoms with van der Waals surface area (Å²) in [6, 6.07) is -1.11. The van der Waals surface area contributed by atoms with E-state index in [1.807, 2.05) is 0 Å². The molecule has 0 heterocycles. The Hall–Kier alpha value is -1.91. The average Bonchev–Trinajstić information content (AvgIpc) is 2.09. The van der Waals surface area contributed by atoms with Crippen molar-refractivity contribution < 1.29 is 9.53 Å². The fourth-order valence-corrected chi connectivity index (χ4v) is 0.704. The largest absolute Gasteiger partial charge is 0.460 e. The highest BCUT2D eigenvalue weighted by molar-refractivity contribution is 5.76. The van der Waals surface area contributed by atoms with Gasteiger partial charge in [0.15, 0.2) is 0 Å². The molecule has 0 bridgehead atoms. The lowest BCUT2D eigenvalue weighted by molar-refractivity contribution is -0.156. The summed E-state index contributed by atoms with van der Waals surface area (Å²) < 4.78 is 4.96. The van der Waals surface area contributed by atoms with Gasteiger partial charge in [-0.15, -0.1) is 0 Å². The minimum atomic E-state index is -1.11. The number of carbonyl (C=O) groups excluding carboxylic acids is 1. The predicted molar refractivity (Wildman–Crippen MR) is 52.8 cm³/mol. The van der Waals surface area contributed by atoms with E-state index in [0.717, 1.165) is 0 Å². The van der Waals surface area contributed by atoms with Gasteiger partial charge in [0.2, 0.25) is 0 Å². The van der Waals surface area contributed by atoms with Crippen LogP contribution < -0.4 is 0 Å².